The summed E-state index contributed by atoms with van der Waals surface area (Å²) in [6, 6.07) is 12.5. The van der Waals surface area contributed by atoms with Crippen LogP contribution in [0.3, 0.4) is 0 Å². The molecule has 4 aliphatic rings. The van der Waals surface area contributed by atoms with Crippen LogP contribution in [0.2, 0.25) is 0 Å². The molecule has 2 aromatic rings. The lowest BCUT2D eigenvalue weighted by molar-refractivity contribution is -0.146. The molecule has 9 nitrogen and oxygen atoms in total. The molecule has 2 aromatic carbocycles. The third-order valence-electron chi connectivity index (χ3n) is 7.56. The number of aliphatic carboxylic acids is 1. The van der Waals surface area contributed by atoms with Crippen molar-refractivity contribution in [1.82, 2.24) is 4.90 Å². The molecule has 9 heteroatoms. The number of nitrogens with zero attached hydrogens (tertiary/aromatic N) is 2. The molecule has 0 aliphatic carbocycles. The van der Waals surface area contributed by atoms with Gasteiger partial charge in [0.25, 0.3) is 5.91 Å². The van der Waals surface area contributed by atoms with Gasteiger partial charge in [0.1, 0.15) is 17.7 Å². The lowest BCUT2D eigenvalue weighted by Crippen LogP contribution is -2.61. The lowest BCUT2D eigenvalue weighted by Gasteiger charge is -2.45. The Labute approximate surface area is 201 Å². The SMILES string of the molecule is COc1ccc(CCN2C(=O)c3ccccc3N3C(=O)[C@@H]4[C@H](C(=O)O)[C@H]5C=C[C@@]4(O5)[C@H]23)cc1OC. The molecule has 2 bridgehead atoms. The van der Waals surface area contributed by atoms with Gasteiger partial charge in [0.05, 0.1) is 37.5 Å². The average molecular weight is 476 g/mol. The largest absolute Gasteiger partial charge is 0.493 e. The highest BCUT2D eigenvalue weighted by Gasteiger charge is 2.74. The van der Waals surface area contributed by atoms with E-state index in [1.54, 1.807) is 60.4 Å². The summed E-state index contributed by atoms with van der Waals surface area (Å²) in [6.45, 7) is 0.297. The summed E-state index contributed by atoms with van der Waals surface area (Å²) in [5.74, 6) is -2.32. The van der Waals surface area contributed by atoms with E-state index in [9.17, 15) is 19.5 Å². The number of carbonyl (C=O) groups excluding carboxylic acids is 2. The van der Waals surface area contributed by atoms with E-state index in [0.29, 0.717) is 35.7 Å². The van der Waals surface area contributed by atoms with Gasteiger partial charge >= 0.3 is 5.97 Å². The van der Waals surface area contributed by atoms with Gasteiger partial charge in [-0.15, -0.1) is 0 Å². The molecule has 4 heterocycles. The smallest absolute Gasteiger partial charge is 0.310 e. The molecule has 5 atom stereocenters. The second-order valence-electron chi connectivity index (χ2n) is 9.17. The van der Waals surface area contributed by atoms with Crippen molar-refractivity contribution in [3.05, 3.63) is 65.7 Å². The van der Waals surface area contributed by atoms with Gasteiger partial charge in [-0.1, -0.05) is 24.3 Å². The maximum atomic E-state index is 13.7. The van der Waals surface area contributed by atoms with Crippen molar-refractivity contribution >= 4 is 23.5 Å². The first kappa shape index (κ1) is 21.7. The highest BCUT2D eigenvalue weighted by atomic mass is 16.5. The van der Waals surface area contributed by atoms with Crippen LogP contribution in [0.5, 0.6) is 11.5 Å². The molecule has 2 fully saturated rings. The summed E-state index contributed by atoms with van der Waals surface area (Å²) in [4.78, 5) is 42.8. The third-order valence-corrected chi connectivity index (χ3v) is 7.56. The molecule has 1 N–H and O–H groups in total. The van der Waals surface area contributed by atoms with Crippen LogP contribution in [0.25, 0.3) is 0 Å². The highest BCUT2D eigenvalue weighted by molar-refractivity contribution is 6.12. The van der Waals surface area contributed by atoms with Crippen LogP contribution in [0, 0.1) is 11.8 Å². The molecule has 2 saturated heterocycles. The van der Waals surface area contributed by atoms with Crippen molar-refractivity contribution in [3.63, 3.8) is 0 Å². The van der Waals surface area contributed by atoms with E-state index in [1.165, 1.54) is 0 Å². The maximum absolute atomic E-state index is 13.7. The summed E-state index contributed by atoms with van der Waals surface area (Å²) >= 11 is 0. The van der Waals surface area contributed by atoms with Crippen molar-refractivity contribution in [2.75, 3.05) is 25.7 Å². The van der Waals surface area contributed by atoms with E-state index in [-0.39, 0.29) is 11.8 Å². The lowest BCUT2D eigenvalue weighted by atomic mass is 9.76. The zero-order chi connectivity index (χ0) is 24.5. The second-order valence-corrected chi connectivity index (χ2v) is 9.17. The Morgan fingerprint density at radius 2 is 1.89 bits per heavy atom. The zero-order valence-electron chi connectivity index (χ0n) is 19.2. The number of anilines is 1. The molecular formula is C26H24N2O7. The van der Waals surface area contributed by atoms with Crippen molar-refractivity contribution in [3.8, 4) is 11.5 Å². The number of rotatable bonds is 6. The Kier molecular flexibility index (Phi) is 4.69. The first-order valence-corrected chi connectivity index (χ1v) is 11.4. The Morgan fingerprint density at radius 3 is 2.63 bits per heavy atom. The standard InChI is InChI=1S/C26H24N2O7/c1-33-17-8-7-14(13-19(17)34-2)10-12-27-22(29)15-5-3-4-6-16(15)28-23(30)21-20(24(31)32)18-9-11-26(21,35-18)25(27)28/h3-9,11,13,18,20-21,25H,10,12H2,1-2H3,(H,31,32)/t18-,20-,21+,25-,26+/m1/s1. The van der Waals surface area contributed by atoms with E-state index in [1.807, 2.05) is 18.2 Å². The maximum Gasteiger partial charge on any atom is 0.310 e. The minimum Gasteiger partial charge on any atom is -0.493 e. The average Bonchev–Trinajstić information content (AvgIpc) is 3.52. The van der Waals surface area contributed by atoms with Crippen molar-refractivity contribution in [2.45, 2.75) is 24.3 Å². The number of carbonyl (C=O) groups is 3. The highest BCUT2D eigenvalue weighted by Crippen LogP contribution is 2.58. The fourth-order valence-electron chi connectivity index (χ4n) is 6.08. The Bertz CT molecular complexity index is 1290. The van der Waals surface area contributed by atoms with E-state index in [4.69, 9.17) is 14.2 Å². The molecule has 1 spiro atoms. The third kappa shape index (κ3) is 2.81. The minimum atomic E-state index is -1.20. The number of hydrogen-bond donors (Lipinski definition) is 1. The predicted octanol–water partition coefficient (Wildman–Crippen LogP) is 2.10. The molecular weight excluding hydrogens is 452 g/mol. The number of para-hydroxylation sites is 1. The Hall–Kier alpha value is -3.85. The van der Waals surface area contributed by atoms with Crippen LogP contribution >= 0.6 is 0 Å². The number of carboxylic acid groups (broad SMARTS) is 1. The Balaban J connectivity index is 1.41. The van der Waals surface area contributed by atoms with Crippen LogP contribution in [-0.4, -0.2) is 66.4 Å². The molecule has 180 valence electrons. The number of ether oxygens (including phenoxy) is 3. The summed E-state index contributed by atoms with van der Waals surface area (Å²) in [5.41, 5.74) is 0.621. The number of fused-ring (bicyclic) bond motifs is 4. The van der Waals surface area contributed by atoms with E-state index < -0.39 is 35.7 Å². The second kappa shape index (κ2) is 7.58. The summed E-state index contributed by atoms with van der Waals surface area (Å²) in [7, 11) is 3.13. The first-order chi connectivity index (χ1) is 16.9. The number of amides is 2. The molecule has 0 saturated carbocycles. The first-order valence-electron chi connectivity index (χ1n) is 11.4. The molecule has 2 amide bonds. The van der Waals surface area contributed by atoms with Gasteiger partial charge in [-0.05, 0) is 42.3 Å². The van der Waals surface area contributed by atoms with E-state index >= 15 is 0 Å². The van der Waals surface area contributed by atoms with E-state index in [0.717, 1.165) is 5.56 Å². The van der Waals surface area contributed by atoms with Gasteiger partial charge in [0.2, 0.25) is 5.91 Å². The van der Waals surface area contributed by atoms with Gasteiger partial charge in [-0.3, -0.25) is 19.3 Å². The summed E-state index contributed by atoms with van der Waals surface area (Å²) in [5, 5.41) is 9.90. The van der Waals surface area contributed by atoms with Gasteiger partial charge in [0.15, 0.2) is 11.5 Å². The van der Waals surface area contributed by atoms with Gasteiger partial charge in [-0.25, -0.2) is 0 Å². The van der Waals surface area contributed by atoms with Crippen LogP contribution in [0.1, 0.15) is 15.9 Å². The number of hydrogen-bond acceptors (Lipinski definition) is 6. The Morgan fingerprint density at radius 1 is 1.11 bits per heavy atom. The van der Waals surface area contributed by atoms with Crippen molar-refractivity contribution in [2.24, 2.45) is 11.8 Å². The fraction of sp³-hybridized carbons (Fsp3) is 0.346. The van der Waals surface area contributed by atoms with Crippen LogP contribution in [0.15, 0.2) is 54.6 Å². The number of methoxy groups -OCH3 is 2. The molecule has 0 radical (unpaired) electrons. The quantitative estimate of drug-likeness (QED) is 0.637. The van der Waals surface area contributed by atoms with Gasteiger partial charge in [-0.2, -0.15) is 0 Å². The molecule has 35 heavy (non-hydrogen) atoms. The number of benzene rings is 2. The predicted molar refractivity (Wildman–Crippen MR) is 123 cm³/mol. The number of carboxylic acids is 1. The molecule has 6 rings (SSSR count). The van der Waals surface area contributed by atoms with Crippen molar-refractivity contribution < 1.29 is 33.7 Å². The normalized spacial score (nSPS) is 29.8. The van der Waals surface area contributed by atoms with Gasteiger partial charge in [0, 0.05) is 6.54 Å². The van der Waals surface area contributed by atoms with Crippen LogP contribution in [-0.2, 0) is 20.7 Å². The molecule has 4 aliphatic heterocycles. The minimum absolute atomic E-state index is 0.218. The fourth-order valence-corrected chi connectivity index (χ4v) is 6.08. The molecule has 0 unspecified atom stereocenters. The monoisotopic (exact) mass is 476 g/mol. The van der Waals surface area contributed by atoms with Crippen LogP contribution in [0.4, 0.5) is 5.69 Å². The van der Waals surface area contributed by atoms with E-state index in [2.05, 4.69) is 0 Å². The van der Waals surface area contributed by atoms with Crippen molar-refractivity contribution in [1.29, 1.82) is 0 Å². The topological polar surface area (TPSA) is 106 Å². The van der Waals surface area contributed by atoms with Gasteiger partial charge < -0.3 is 24.2 Å². The molecule has 0 aromatic heterocycles. The summed E-state index contributed by atoms with van der Waals surface area (Å²) in [6.07, 6.45) is 2.53. The summed E-state index contributed by atoms with van der Waals surface area (Å²) < 4.78 is 16.9. The van der Waals surface area contributed by atoms with Crippen LogP contribution < -0.4 is 14.4 Å². The zero-order valence-corrected chi connectivity index (χ0v) is 19.2.